The van der Waals surface area contributed by atoms with Gasteiger partial charge in [0.2, 0.25) is 0 Å². The summed E-state index contributed by atoms with van der Waals surface area (Å²) >= 11 is 0. The van der Waals surface area contributed by atoms with Crippen LogP contribution in [0.25, 0.3) is 84.0 Å². The number of hydrogen-bond donors (Lipinski definition) is 1. The zero-order valence-corrected chi connectivity index (χ0v) is 38.4. The van der Waals surface area contributed by atoms with E-state index in [2.05, 4.69) is 219 Å². The predicted octanol–water partition coefficient (Wildman–Crippen LogP) is 15.6. The molecule has 0 bridgehead atoms. The molecule has 1 aliphatic carbocycles. The van der Waals surface area contributed by atoms with Crippen LogP contribution in [-0.4, -0.2) is 19.6 Å². The second-order valence-electron chi connectivity index (χ2n) is 19.7. The summed E-state index contributed by atoms with van der Waals surface area (Å²) in [4.78, 5) is 11.1. The van der Waals surface area contributed by atoms with Crippen LogP contribution in [0.15, 0.2) is 164 Å². The highest BCUT2D eigenvalue weighted by Gasteiger charge is 2.47. The zero-order valence-electron chi connectivity index (χ0n) is 38.4. The van der Waals surface area contributed by atoms with Gasteiger partial charge in [0, 0.05) is 16.5 Å². The van der Waals surface area contributed by atoms with Crippen molar-refractivity contribution in [2.45, 2.75) is 78.6 Å². The minimum absolute atomic E-state index is 0.0132. The molecule has 0 saturated heterocycles. The molecule has 0 saturated carbocycles. The van der Waals surface area contributed by atoms with E-state index in [4.69, 9.17) is 9.97 Å². The van der Waals surface area contributed by atoms with Crippen molar-refractivity contribution in [2.75, 3.05) is 0 Å². The zero-order chi connectivity index (χ0) is 44.7. The van der Waals surface area contributed by atoms with Crippen molar-refractivity contribution in [1.29, 1.82) is 0 Å². The number of para-hydroxylation sites is 2. The molecule has 0 atom stereocenters. The Bertz CT molecular complexity index is 3270. The normalized spacial score (nSPS) is 14.0. The Hall–Kier alpha value is -7.04. The van der Waals surface area contributed by atoms with Gasteiger partial charge in [-0.25, -0.2) is 9.97 Å². The Morgan fingerprint density at radius 1 is 0.500 bits per heavy atom. The largest absolute Gasteiger partial charge is 0.507 e. The first-order valence-electron chi connectivity index (χ1n) is 22.5. The van der Waals surface area contributed by atoms with Crippen LogP contribution in [0.1, 0.15) is 76.3 Å². The molecule has 10 rings (SSSR count). The van der Waals surface area contributed by atoms with E-state index in [1.807, 2.05) is 6.07 Å². The number of aryl methyl sites for hydroxylation is 2. The topological polar surface area (TPSA) is 50.9 Å². The maximum Gasteiger partial charge on any atom is 0.164 e. The van der Waals surface area contributed by atoms with Gasteiger partial charge in [-0.3, -0.25) is 4.57 Å². The fourth-order valence-electron chi connectivity index (χ4n) is 10.1. The molecule has 2 heterocycles. The Balaban J connectivity index is 1.21. The summed E-state index contributed by atoms with van der Waals surface area (Å²) in [7, 11) is 0. The monoisotopic (exact) mass is 833 g/mol. The molecule has 4 heteroatoms. The Morgan fingerprint density at radius 2 is 1.08 bits per heavy atom. The lowest BCUT2D eigenvalue weighted by Gasteiger charge is -2.47. The lowest BCUT2D eigenvalue weighted by atomic mass is 9.56. The van der Waals surface area contributed by atoms with E-state index < -0.39 is 0 Å². The van der Waals surface area contributed by atoms with Gasteiger partial charge < -0.3 is 5.11 Å². The lowest BCUT2D eigenvalue weighted by Crippen LogP contribution is -2.43. The van der Waals surface area contributed by atoms with Gasteiger partial charge in [-0.15, -0.1) is 0 Å². The Kier molecular flexibility index (Phi) is 9.64. The molecule has 4 nitrogen and oxygen atoms in total. The third-order valence-corrected chi connectivity index (χ3v) is 14.3. The summed E-state index contributed by atoms with van der Waals surface area (Å²) in [6.45, 7) is 20.3. The molecule has 0 fully saturated rings. The number of rotatable bonds is 6. The summed E-state index contributed by atoms with van der Waals surface area (Å²) in [6, 6.07) is 58.6. The van der Waals surface area contributed by atoms with Crippen LogP contribution in [0.5, 0.6) is 5.75 Å². The molecular formula is C60H55N3O. The molecule has 7 aromatic carbocycles. The first-order valence-corrected chi connectivity index (χ1v) is 22.5. The van der Waals surface area contributed by atoms with Crippen molar-refractivity contribution in [3.63, 3.8) is 0 Å². The Labute approximate surface area is 378 Å². The van der Waals surface area contributed by atoms with E-state index in [0.717, 1.165) is 78.4 Å². The number of pyridine rings is 1. The van der Waals surface area contributed by atoms with E-state index in [-0.39, 0.29) is 22.0 Å². The van der Waals surface area contributed by atoms with Gasteiger partial charge >= 0.3 is 0 Å². The number of phenolic OH excluding ortho intramolecular Hbond substituents is 1. The SMILES string of the molecule is Cc1cccc(C)c1-n1c(-c2ccc3c(n2)-c2c(O)cccc2C(C)(C)C3(C)C)nc2c(-c3cccc(-c4c(-c5ccccc5)cccc4-c4cccc(C(C)(C)C)c4)c3)cccc21. The van der Waals surface area contributed by atoms with Crippen LogP contribution < -0.4 is 0 Å². The molecule has 0 radical (unpaired) electrons. The summed E-state index contributed by atoms with van der Waals surface area (Å²) in [5, 5.41) is 11.5. The van der Waals surface area contributed by atoms with Gasteiger partial charge in [0.15, 0.2) is 5.82 Å². The molecular weight excluding hydrogens is 779 g/mol. The second kappa shape index (κ2) is 15.1. The smallest absolute Gasteiger partial charge is 0.164 e. The molecule has 0 unspecified atom stereocenters. The standard InChI is InChI=1S/C60H55N3O/c1-37-19-13-20-38(2)56(37)63-50-31-17-29-46(54(50)62-57(63)49-34-33-48-55(61-49)53-47(30-18-32-51(53)64)59(6,7)60(48,8)9)40-23-14-25-42(35-40)52-44(39-21-11-10-12-22-39)27-16-28-45(52)41-24-15-26-43(36-41)58(3,4)5/h10-36,64H,1-9H3. The molecule has 316 valence electrons. The summed E-state index contributed by atoms with van der Waals surface area (Å²) < 4.78 is 2.30. The van der Waals surface area contributed by atoms with Crippen LogP contribution >= 0.6 is 0 Å². The number of fused-ring (bicyclic) bond motifs is 4. The van der Waals surface area contributed by atoms with Crippen LogP contribution in [0.3, 0.4) is 0 Å². The lowest BCUT2D eigenvalue weighted by molar-refractivity contribution is 0.296. The fourth-order valence-corrected chi connectivity index (χ4v) is 10.1. The van der Waals surface area contributed by atoms with Crippen LogP contribution in [0.2, 0.25) is 0 Å². The van der Waals surface area contributed by atoms with Gasteiger partial charge in [0.05, 0.1) is 22.4 Å². The number of benzene rings is 7. The van der Waals surface area contributed by atoms with Crippen molar-refractivity contribution in [2.24, 2.45) is 0 Å². The average molecular weight is 834 g/mol. The Morgan fingerprint density at radius 3 is 1.81 bits per heavy atom. The quantitative estimate of drug-likeness (QED) is 0.182. The average Bonchev–Trinajstić information content (AvgIpc) is 3.67. The highest BCUT2D eigenvalue weighted by molar-refractivity contribution is 5.99. The van der Waals surface area contributed by atoms with Crippen molar-refractivity contribution >= 4 is 11.0 Å². The highest BCUT2D eigenvalue weighted by Crippen LogP contribution is 2.55. The molecule has 9 aromatic rings. The third kappa shape index (κ3) is 6.50. The molecule has 0 spiro atoms. The van der Waals surface area contributed by atoms with Gasteiger partial charge in [-0.2, -0.15) is 0 Å². The van der Waals surface area contributed by atoms with Gasteiger partial charge in [-0.1, -0.05) is 188 Å². The number of aromatic nitrogens is 3. The van der Waals surface area contributed by atoms with Crippen molar-refractivity contribution in [3.05, 3.63) is 192 Å². The number of aromatic hydroxyl groups is 1. The summed E-state index contributed by atoms with van der Waals surface area (Å²) in [5.41, 5.74) is 19.9. The second-order valence-corrected chi connectivity index (χ2v) is 19.7. The van der Waals surface area contributed by atoms with Crippen LogP contribution in [0.4, 0.5) is 0 Å². The van der Waals surface area contributed by atoms with Crippen molar-refractivity contribution in [1.82, 2.24) is 14.5 Å². The van der Waals surface area contributed by atoms with Crippen molar-refractivity contribution in [3.8, 4) is 78.7 Å². The van der Waals surface area contributed by atoms with E-state index in [9.17, 15) is 5.11 Å². The van der Waals surface area contributed by atoms with E-state index in [1.165, 1.54) is 33.4 Å². The van der Waals surface area contributed by atoms with Crippen LogP contribution in [0, 0.1) is 13.8 Å². The number of phenols is 1. The number of imidazole rings is 1. The fraction of sp³-hybridized carbons (Fsp3) is 0.200. The van der Waals surface area contributed by atoms with Crippen LogP contribution in [-0.2, 0) is 16.2 Å². The third-order valence-electron chi connectivity index (χ3n) is 14.3. The molecule has 1 N–H and O–H groups in total. The molecule has 0 aliphatic heterocycles. The number of nitrogens with zero attached hydrogens (tertiary/aromatic N) is 3. The first-order chi connectivity index (χ1) is 30.6. The summed E-state index contributed by atoms with van der Waals surface area (Å²) in [6.07, 6.45) is 0. The predicted molar refractivity (Wildman–Crippen MR) is 267 cm³/mol. The molecule has 64 heavy (non-hydrogen) atoms. The van der Waals surface area contributed by atoms with Gasteiger partial charge in [0.1, 0.15) is 11.4 Å². The van der Waals surface area contributed by atoms with E-state index in [1.54, 1.807) is 6.07 Å². The maximum absolute atomic E-state index is 11.5. The molecule has 1 aliphatic rings. The van der Waals surface area contributed by atoms with Crippen molar-refractivity contribution < 1.29 is 5.11 Å². The van der Waals surface area contributed by atoms with Gasteiger partial charge in [0.25, 0.3) is 0 Å². The minimum atomic E-state index is -0.256. The molecule has 2 aromatic heterocycles. The number of hydrogen-bond acceptors (Lipinski definition) is 3. The van der Waals surface area contributed by atoms with E-state index in [0.29, 0.717) is 0 Å². The first kappa shape index (κ1) is 41.0. The van der Waals surface area contributed by atoms with Gasteiger partial charge in [-0.05, 0) is 116 Å². The maximum atomic E-state index is 11.5. The summed E-state index contributed by atoms with van der Waals surface area (Å²) in [5.74, 6) is 1.00. The minimum Gasteiger partial charge on any atom is -0.507 e. The highest BCUT2D eigenvalue weighted by atomic mass is 16.3. The van der Waals surface area contributed by atoms with E-state index >= 15 is 0 Å². The molecule has 0 amide bonds.